The number of fused-ring (bicyclic) bond motifs is 1. The third-order valence-corrected chi connectivity index (χ3v) is 3.20. The van der Waals surface area contributed by atoms with Gasteiger partial charge in [-0.2, -0.15) is 0 Å². The summed E-state index contributed by atoms with van der Waals surface area (Å²) in [5.41, 5.74) is 2.38. The second kappa shape index (κ2) is 4.46. The van der Waals surface area contributed by atoms with E-state index in [0.717, 1.165) is 17.8 Å². The van der Waals surface area contributed by atoms with Gasteiger partial charge in [0.15, 0.2) is 0 Å². The molecule has 17 heavy (non-hydrogen) atoms. The molecule has 2 nitrogen and oxygen atoms in total. The topological polar surface area (TPSA) is 16.1 Å². The first kappa shape index (κ1) is 12.1. The molecule has 0 spiro atoms. The largest absolute Gasteiger partial charge is 0.296 e. The van der Waals surface area contributed by atoms with Crippen molar-refractivity contribution in [3.63, 3.8) is 0 Å². The van der Waals surface area contributed by atoms with E-state index in [2.05, 4.69) is 62.0 Å². The maximum atomic E-state index is 4.69. The van der Waals surface area contributed by atoms with Gasteiger partial charge in [-0.3, -0.25) is 9.88 Å². The lowest BCUT2D eigenvalue weighted by Gasteiger charge is -2.31. The zero-order valence-corrected chi connectivity index (χ0v) is 11.1. The Morgan fingerprint density at radius 1 is 1.06 bits per heavy atom. The molecule has 0 aliphatic rings. The van der Waals surface area contributed by atoms with E-state index < -0.39 is 0 Å². The highest BCUT2D eigenvalue weighted by molar-refractivity contribution is 5.78. The second-order valence-electron chi connectivity index (χ2n) is 5.52. The van der Waals surface area contributed by atoms with Crippen molar-refractivity contribution >= 4 is 10.9 Å². The average Bonchev–Trinajstić information content (AvgIpc) is 2.27. The molecule has 0 fully saturated rings. The van der Waals surface area contributed by atoms with Crippen LogP contribution in [0.5, 0.6) is 0 Å². The van der Waals surface area contributed by atoms with E-state index in [-0.39, 0.29) is 5.54 Å². The maximum Gasteiger partial charge on any atom is 0.0705 e. The van der Waals surface area contributed by atoms with Crippen molar-refractivity contribution in [1.82, 2.24) is 9.88 Å². The molecule has 0 radical (unpaired) electrons. The molecular formula is C15H20N2. The Kier molecular flexibility index (Phi) is 3.16. The van der Waals surface area contributed by atoms with Gasteiger partial charge in [-0.25, -0.2) is 0 Å². The molecule has 0 N–H and O–H groups in total. The molecule has 0 amide bonds. The first-order valence-electron chi connectivity index (χ1n) is 6.03. The minimum absolute atomic E-state index is 0.174. The summed E-state index contributed by atoms with van der Waals surface area (Å²) >= 11 is 0. The van der Waals surface area contributed by atoms with Gasteiger partial charge in [0.25, 0.3) is 0 Å². The number of benzene rings is 1. The highest BCUT2D eigenvalue weighted by Crippen LogP contribution is 2.16. The highest BCUT2D eigenvalue weighted by atomic mass is 15.2. The number of para-hydroxylation sites is 1. The van der Waals surface area contributed by atoms with Gasteiger partial charge in [0.2, 0.25) is 0 Å². The van der Waals surface area contributed by atoms with Crippen LogP contribution < -0.4 is 0 Å². The zero-order valence-electron chi connectivity index (χ0n) is 11.1. The fourth-order valence-corrected chi connectivity index (χ4v) is 1.68. The summed E-state index contributed by atoms with van der Waals surface area (Å²) in [6.45, 7) is 7.53. The molecule has 0 aliphatic carbocycles. The van der Waals surface area contributed by atoms with Crippen LogP contribution in [-0.2, 0) is 6.54 Å². The van der Waals surface area contributed by atoms with Gasteiger partial charge < -0.3 is 0 Å². The quantitative estimate of drug-likeness (QED) is 0.782. The van der Waals surface area contributed by atoms with Crippen molar-refractivity contribution in [2.24, 2.45) is 0 Å². The van der Waals surface area contributed by atoms with Crippen molar-refractivity contribution in [3.8, 4) is 0 Å². The van der Waals surface area contributed by atoms with Gasteiger partial charge in [-0.05, 0) is 40.0 Å². The lowest BCUT2D eigenvalue weighted by Crippen LogP contribution is -2.37. The Labute approximate surface area is 103 Å². The minimum Gasteiger partial charge on any atom is -0.296 e. The standard InChI is InChI=1S/C15H20N2/c1-15(2,3)17(4)11-13-10-9-12-7-5-6-8-14(12)16-13/h5-10H,11H2,1-4H3. The Hall–Kier alpha value is -1.41. The molecule has 1 aromatic carbocycles. The normalized spacial score (nSPS) is 12.3. The first-order chi connectivity index (χ1) is 7.97. The lowest BCUT2D eigenvalue weighted by molar-refractivity contribution is 0.165. The van der Waals surface area contributed by atoms with E-state index >= 15 is 0 Å². The van der Waals surface area contributed by atoms with Gasteiger partial charge in [0, 0.05) is 17.5 Å². The van der Waals surface area contributed by atoms with Crippen LogP contribution in [0, 0.1) is 0 Å². The molecule has 1 aromatic heterocycles. The van der Waals surface area contributed by atoms with Crippen LogP contribution in [0.3, 0.4) is 0 Å². The molecule has 0 unspecified atom stereocenters. The van der Waals surface area contributed by atoms with E-state index in [0.29, 0.717) is 0 Å². The summed E-state index contributed by atoms with van der Waals surface area (Å²) < 4.78 is 0. The van der Waals surface area contributed by atoms with Gasteiger partial charge in [-0.1, -0.05) is 24.3 Å². The molecule has 0 bridgehead atoms. The van der Waals surface area contributed by atoms with Crippen LogP contribution in [0.2, 0.25) is 0 Å². The maximum absolute atomic E-state index is 4.69. The Bertz CT molecular complexity index is 512. The van der Waals surface area contributed by atoms with Crippen molar-refractivity contribution in [3.05, 3.63) is 42.1 Å². The van der Waals surface area contributed by atoms with E-state index in [1.165, 1.54) is 5.39 Å². The van der Waals surface area contributed by atoms with Crippen LogP contribution in [0.4, 0.5) is 0 Å². The Morgan fingerprint density at radius 2 is 1.76 bits per heavy atom. The van der Waals surface area contributed by atoms with Gasteiger partial charge >= 0.3 is 0 Å². The third kappa shape index (κ3) is 2.83. The van der Waals surface area contributed by atoms with Crippen LogP contribution >= 0.6 is 0 Å². The van der Waals surface area contributed by atoms with Crippen LogP contribution in [0.1, 0.15) is 26.5 Å². The van der Waals surface area contributed by atoms with Crippen molar-refractivity contribution in [2.75, 3.05) is 7.05 Å². The predicted molar refractivity (Wildman–Crippen MR) is 73.0 cm³/mol. The van der Waals surface area contributed by atoms with E-state index in [1.54, 1.807) is 0 Å². The molecule has 2 rings (SSSR count). The van der Waals surface area contributed by atoms with Gasteiger partial charge in [0.1, 0.15) is 0 Å². The van der Waals surface area contributed by atoms with Crippen LogP contribution in [0.15, 0.2) is 36.4 Å². The fourth-order valence-electron chi connectivity index (χ4n) is 1.68. The molecule has 0 atom stereocenters. The third-order valence-electron chi connectivity index (χ3n) is 3.20. The number of aromatic nitrogens is 1. The predicted octanol–water partition coefficient (Wildman–Crippen LogP) is 3.47. The molecule has 2 heteroatoms. The summed E-state index contributed by atoms with van der Waals surface area (Å²) in [5, 5.41) is 1.20. The summed E-state index contributed by atoms with van der Waals surface area (Å²) in [6, 6.07) is 12.5. The second-order valence-corrected chi connectivity index (χ2v) is 5.52. The van der Waals surface area contributed by atoms with E-state index in [4.69, 9.17) is 0 Å². The molecule has 90 valence electrons. The zero-order chi connectivity index (χ0) is 12.5. The van der Waals surface area contributed by atoms with Gasteiger partial charge in [0.05, 0.1) is 11.2 Å². The number of hydrogen-bond acceptors (Lipinski definition) is 2. The molecule has 0 aliphatic heterocycles. The van der Waals surface area contributed by atoms with E-state index in [1.807, 2.05) is 12.1 Å². The fraction of sp³-hybridized carbons (Fsp3) is 0.400. The molecule has 2 aromatic rings. The van der Waals surface area contributed by atoms with Crippen LogP contribution in [0.25, 0.3) is 10.9 Å². The summed E-state index contributed by atoms with van der Waals surface area (Å²) in [5.74, 6) is 0. The summed E-state index contributed by atoms with van der Waals surface area (Å²) in [6.07, 6.45) is 0. The Morgan fingerprint density at radius 3 is 2.47 bits per heavy atom. The molecule has 0 saturated heterocycles. The molecule has 0 saturated carbocycles. The smallest absolute Gasteiger partial charge is 0.0705 e. The SMILES string of the molecule is CN(Cc1ccc2ccccc2n1)C(C)(C)C. The van der Waals surface area contributed by atoms with Crippen molar-refractivity contribution in [2.45, 2.75) is 32.9 Å². The number of nitrogens with zero attached hydrogens (tertiary/aromatic N) is 2. The average molecular weight is 228 g/mol. The molecular weight excluding hydrogens is 208 g/mol. The highest BCUT2D eigenvalue weighted by Gasteiger charge is 2.17. The number of hydrogen-bond donors (Lipinski definition) is 0. The minimum atomic E-state index is 0.174. The van der Waals surface area contributed by atoms with Crippen molar-refractivity contribution in [1.29, 1.82) is 0 Å². The number of pyridine rings is 1. The summed E-state index contributed by atoms with van der Waals surface area (Å²) in [7, 11) is 2.14. The first-order valence-corrected chi connectivity index (χ1v) is 6.03. The Balaban J connectivity index is 2.25. The van der Waals surface area contributed by atoms with E-state index in [9.17, 15) is 0 Å². The molecule has 1 heterocycles. The monoisotopic (exact) mass is 228 g/mol. The summed E-state index contributed by atoms with van der Waals surface area (Å²) in [4.78, 5) is 7.00. The lowest BCUT2D eigenvalue weighted by atomic mass is 10.1. The number of rotatable bonds is 2. The van der Waals surface area contributed by atoms with Gasteiger partial charge in [-0.15, -0.1) is 0 Å². The van der Waals surface area contributed by atoms with Crippen LogP contribution in [-0.4, -0.2) is 22.5 Å². The van der Waals surface area contributed by atoms with Crippen molar-refractivity contribution < 1.29 is 0 Å².